The number of hydrogen-bond donors (Lipinski definition) is 2. The highest BCUT2D eigenvalue weighted by Crippen LogP contribution is 2.29. The predicted molar refractivity (Wildman–Crippen MR) is 66.7 cm³/mol. The number of nitrogens with zero attached hydrogens (tertiary/aromatic N) is 1. The Hall–Kier alpha value is -1.22. The van der Waals surface area contributed by atoms with Gasteiger partial charge in [-0.15, -0.1) is 0 Å². The molecule has 1 unspecified atom stereocenters. The fraction of sp³-hybridized carbons (Fsp3) is 0.538. The van der Waals surface area contributed by atoms with Gasteiger partial charge >= 0.3 is 0 Å². The maximum Gasteiger partial charge on any atom is 0.138 e. The molecule has 0 aromatic heterocycles. The van der Waals surface area contributed by atoms with E-state index >= 15 is 0 Å². The molecule has 0 radical (unpaired) electrons. The topological polar surface area (TPSA) is 49.5 Å². The van der Waals surface area contributed by atoms with Crippen molar-refractivity contribution in [2.24, 2.45) is 11.7 Å². The van der Waals surface area contributed by atoms with Crippen LogP contribution in [0.3, 0.4) is 0 Å². The van der Waals surface area contributed by atoms with Crippen molar-refractivity contribution >= 4 is 5.69 Å². The molecule has 0 aliphatic carbocycles. The summed E-state index contributed by atoms with van der Waals surface area (Å²) in [6.07, 6.45) is 3.64. The fourth-order valence-electron chi connectivity index (χ4n) is 2.37. The van der Waals surface area contributed by atoms with Crippen LogP contribution in [0.15, 0.2) is 24.3 Å². The second-order valence-electron chi connectivity index (χ2n) is 4.53. The van der Waals surface area contributed by atoms with Crippen molar-refractivity contribution in [2.45, 2.75) is 19.3 Å². The lowest BCUT2D eigenvalue weighted by atomic mass is 10.0. The first-order chi connectivity index (χ1) is 7.81. The van der Waals surface area contributed by atoms with Crippen LogP contribution < -0.4 is 10.6 Å². The summed E-state index contributed by atoms with van der Waals surface area (Å²) >= 11 is 0. The van der Waals surface area contributed by atoms with E-state index in [0.29, 0.717) is 11.7 Å². The van der Waals surface area contributed by atoms with Crippen molar-refractivity contribution in [2.75, 3.05) is 24.5 Å². The van der Waals surface area contributed by atoms with Crippen molar-refractivity contribution in [1.29, 1.82) is 0 Å². The van der Waals surface area contributed by atoms with Crippen LogP contribution in [0, 0.1) is 5.92 Å². The van der Waals surface area contributed by atoms with Crippen LogP contribution in [0.4, 0.5) is 5.69 Å². The van der Waals surface area contributed by atoms with E-state index in [1.165, 1.54) is 19.3 Å². The van der Waals surface area contributed by atoms with Crippen molar-refractivity contribution in [3.8, 4) is 5.75 Å². The lowest BCUT2D eigenvalue weighted by Crippen LogP contribution is -2.31. The first-order valence-electron chi connectivity index (χ1n) is 6.04. The first kappa shape index (κ1) is 11.3. The molecule has 1 heterocycles. The third kappa shape index (κ3) is 2.47. The molecule has 0 spiro atoms. The lowest BCUT2D eigenvalue weighted by molar-refractivity contribution is 0.469. The lowest BCUT2D eigenvalue weighted by Gasteiger charge is -2.26. The van der Waals surface area contributed by atoms with E-state index in [4.69, 9.17) is 5.73 Å². The molecule has 1 aliphatic heterocycles. The van der Waals surface area contributed by atoms with E-state index in [9.17, 15) is 5.11 Å². The summed E-state index contributed by atoms with van der Waals surface area (Å²) in [6, 6.07) is 7.56. The molecular formula is C13H20N2O. The summed E-state index contributed by atoms with van der Waals surface area (Å²) in [5.41, 5.74) is 6.71. The van der Waals surface area contributed by atoms with E-state index in [0.717, 1.165) is 25.3 Å². The van der Waals surface area contributed by atoms with E-state index in [-0.39, 0.29) is 0 Å². The molecule has 1 saturated heterocycles. The summed E-state index contributed by atoms with van der Waals surface area (Å²) in [6.45, 7) is 2.73. The van der Waals surface area contributed by atoms with Gasteiger partial charge in [-0.2, -0.15) is 0 Å². The zero-order valence-corrected chi connectivity index (χ0v) is 9.60. The van der Waals surface area contributed by atoms with Crippen LogP contribution in [-0.2, 0) is 0 Å². The van der Waals surface area contributed by atoms with Crippen molar-refractivity contribution in [3.63, 3.8) is 0 Å². The Morgan fingerprint density at radius 1 is 1.31 bits per heavy atom. The number of rotatable bonds is 2. The van der Waals surface area contributed by atoms with Crippen LogP contribution in [0.1, 0.15) is 19.3 Å². The summed E-state index contributed by atoms with van der Waals surface area (Å²) < 4.78 is 0. The summed E-state index contributed by atoms with van der Waals surface area (Å²) in [4.78, 5) is 2.26. The van der Waals surface area contributed by atoms with Crippen LogP contribution in [0.5, 0.6) is 5.75 Å². The fourth-order valence-corrected chi connectivity index (χ4v) is 2.37. The van der Waals surface area contributed by atoms with E-state index in [1.807, 2.05) is 18.2 Å². The van der Waals surface area contributed by atoms with Gasteiger partial charge in [0.2, 0.25) is 0 Å². The largest absolute Gasteiger partial charge is 0.506 e. The molecule has 3 nitrogen and oxygen atoms in total. The van der Waals surface area contributed by atoms with E-state index in [2.05, 4.69) is 4.90 Å². The molecule has 0 saturated carbocycles. The maximum absolute atomic E-state index is 9.84. The minimum absolute atomic E-state index is 0.375. The molecule has 0 amide bonds. The Kier molecular flexibility index (Phi) is 3.67. The zero-order valence-electron chi connectivity index (χ0n) is 9.60. The molecule has 3 heteroatoms. The number of benzene rings is 1. The standard InChI is InChI=1S/C13H20N2O/c14-9-11-5-3-4-8-15(10-11)12-6-1-2-7-13(12)16/h1-2,6-7,11,16H,3-5,8-10,14H2. The Morgan fingerprint density at radius 2 is 2.12 bits per heavy atom. The predicted octanol–water partition coefficient (Wildman–Crippen LogP) is 1.96. The van der Waals surface area contributed by atoms with Crippen LogP contribution in [-0.4, -0.2) is 24.7 Å². The monoisotopic (exact) mass is 220 g/mol. The quantitative estimate of drug-likeness (QED) is 0.801. The molecule has 2 rings (SSSR count). The Morgan fingerprint density at radius 3 is 2.88 bits per heavy atom. The Balaban J connectivity index is 2.16. The van der Waals surface area contributed by atoms with Crippen molar-refractivity contribution in [3.05, 3.63) is 24.3 Å². The minimum Gasteiger partial charge on any atom is -0.506 e. The molecule has 1 aromatic carbocycles. The summed E-state index contributed by atoms with van der Waals surface area (Å²) in [5.74, 6) is 0.933. The van der Waals surface area contributed by atoms with Gasteiger partial charge < -0.3 is 15.7 Å². The average molecular weight is 220 g/mol. The van der Waals surface area contributed by atoms with Gasteiger partial charge in [-0.25, -0.2) is 0 Å². The second kappa shape index (κ2) is 5.21. The number of phenolic OH excluding ortho intramolecular Hbond substituents is 1. The van der Waals surface area contributed by atoms with Crippen LogP contribution in [0.2, 0.25) is 0 Å². The number of phenols is 1. The normalized spacial score (nSPS) is 21.8. The molecule has 1 fully saturated rings. The van der Waals surface area contributed by atoms with Gasteiger partial charge in [0.1, 0.15) is 5.75 Å². The van der Waals surface area contributed by atoms with Gasteiger partial charge in [-0.1, -0.05) is 18.6 Å². The van der Waals surface area contributed by atoms with Crippen LogP contribution in [0.25, 0.3) is 0 Å². The maximum atomic E-state index is 9.84. The number of hydrogen-bond acceptors (Lipinski definition) is 3. The number of aromatic hydroxyl groups is 1. The van der Waals surface area contributed by atoms with Gasteiger partial charge in [-0.3, -0.25) is 0 Å². The molecular weight excluding hydrogens is 200 g/mol. The molecule has 16 heavy (non-hydrogen) atoms. The highest BCUT2D eigenvalue weighted by Gasteiger charge is 2.18. The molecule has 0 bridgehead atoms. The molecule has 1 atom stereocenters. The van der Waals surface area contributed by atoms with Crippen molar-refractivity contribution in [1.82, 2.24) is 0 Å². The van der Waals surface area contributed by atoms with E-state index in [1.54, 1.807) is 6.07 Å². The first-order valence-corrected chi connectivity index (χ1v) is 6.04. The minimum atomic E-state index is 0.375. The number of anilines is 1. The number of nitrogens with two attached hydrogens (primary N) is 1. The van der Waals surface area contributed by atoms with Gasteiger partial charge in [0.05, 0.1) is 5.69 Å². The SMILES string of the molecule is NCC1CCCCN(c2ccccc2O)C1. The Bertz CT molecular complexity index is 340. The third-order valence-electron chi connectivity index (χ3n) is 3.32. The van der Waals surface area contributed by atoms with Crippen molar-refractivity contribution < 1.29 is 5.11 Å². The van der Waals surface area contributed by atoms with Gasteiger partial charge in [0.15, 0.2) is 0 Å². The van der Waals surface area contributed by atoms with E-state index < -0.39 is 0 Å². The number of para-hydroxylation sites is 2. The molecule has 1 aliphatic rings. The highest BCUT2D eigenvalue weighted by molar-refractivity contribution is 5.57. The molecule has 88 valence electrons. The highest BCUT2D eigenvalue weighted by atomic mass is 16.3. The zero-order chi connectivity index (χ0) is 11.4. The molecule has 3 N–H and O–H groups in total. The summed E-state index contributed by atoms with van der Waals surface area (Å²) in [7, 11) is 0. The average Bonchev–Trinajstić information content (AvgIpc) is 2.55. The van der Waals surface area contributed by atoms with Gasteiger partial charge in [0, 0.05) is 13.1 Å². The Labute approximate surface area is 96.9 Å². The van der Waals surface area contributed by atoms with Gasteiger partial charge in [0.25, 0.3) is 0 Å². The smallest absolute Gasteiger partial charge is 0.138 e. The molecule has 1 aromatic rings. The van der Waals surface area contributed by atoms with Gasteiger partial charge in [-0.05, 0) is 37.4 Å². The van der Waals surface area contributed by atoms with Crippen LogP contribution >= 0.6 is 0 Å². The second-order valence-corrected chi connectivity index (χ2v) is 4.53. The summed E-state index contributed by atoms with van der Waals surface area (Å²) in [5, 5.41) is 9.84. The third-order valence-corrected chi connectivity index (χ3v) is 3.32.